The highest BCUT2D eigenvalue weighted by molar-refractivity contribution is 4.75. The van der Waals surface area contributed by atoms with Crippen LogP contribution in [0.3, 0.4) is 0 Å². The van der Waals surface area contributed by atoms with Crippen LogP contribution >= 0.6 is 0 Å². The number of hydrogen-bond donors (Lipinski definition) is 0. The van der Waals surface area contributed by atoms with Gasteiger partial charge in [-0.3, -0.25) is 0 Å². The molecule has 0 aromatic rings. The molecule has 1 saturated carbocycles. The van der Waals surface area contributed by atoms with E-state index >= 15 is 0 Å². The Kier molecular flexibility index (Phi) is 7.03. The molecule has 2 heteroatoms. The normalized spacial score (nSPS) is 26.8. The molecule has 0 spiro atoms. The van der Waals surface area contributed by atoms with E-state index < -0.39 is 0 Å². The van der Waals surface area contributed by atoms with Gasteiger partial charge in [-0.25, -0.2) is 0 Å². The summed E-state index contributed by atoms with van der Waals surface area (Å²) >= 11 is 0. The molecule has 0 aromatic heterocycles. The molecule has 0 amide bonds. The van der Waals surface area contributed by atoms with Crippen LogP contribution in [-0.2, 0) is 9.47 Å². The van der Waals surface area contributed by atoms with Crippen molar-refractivity contribution in [3.8, 4) is 0 Å². The molecule has 15 heavy (non-hydrogen) atoms. The number of rotatable bonds is 7. The lowest BCUT2D eigenvalue weighted by Crippen LogP contribution is -2.27. The molecule has 0 heterocycles. The second-order valence-corrected chi connectivity index (χ2v) is 4.54. The lowest BCUT2D eigenvalue weighted by molar-refractivity contribution is 0.0174. The fourth-order valence-corrected chi connectivity index (χ4v) is 2.37. The summed E-state index contributed by atoms with van der Waals surface area (Å²) in [4.78, 5) is 0. The van der Waals surface area contributed by atoms with E-state index in [-0.39, 0.29) is 0 Å². The maximum atomic E-state index is 5.68. The van der Waals surface area contributed by atoms with Crippen LogP contribution in [0.15, 0.2) is 0 Å². The highest BCUT2D eigenvalue weighted by atomic mass is 16.5. The largest absolute Gasteiger partial charge is 0.381 e. The van der Waals surface area contributed by atoms with Gasteiger partial charge in [0.25, 0.3) is 0 Å². The summed E-state index contributed by atoms with van der Waals surface area (Å²) in [5, 5.41) is 0. The van der Waals surface area contributed by atoms with Gasteiger partial charge < -0.3 is 9.47 Å². The zero-order valence-electron chi connectivity index (χ0n) is 10.3. The second-order valence-electron chi connectivity index (χ2n) is 4.54. The second kappa shape index (κ2) is 8.12. The Balaban J connectivity index is 2.22. The third-order valence-electron chi connectivity index (χ3n) is 3.28. The minimum atomic E-state index is 0.746. The lowest BCUT2D eigenvalue weighted by atomic mass is 9.80. The molecule has 0 bridgehead atoms. The zero-order valence-corrected chi connectivity index (χ0v) is 10.3. The molecule has 1 aliphatic carbocycles. The van der Waals surface area contributed by atoms with E-state index in [1.807, 2.05) is 0 Å². The summed E-state index contributed by atoms with van der Waals surface area (Å²) < 4.78 is 11.2. The molecule has 2 nitrogen and oxygen atoms in total. The van der Waals surface area contributed by atoms with Crippen molar-refractivity contribution in [3.05, 3.63) is 0 Å². The van der Waals surface area contributed by atoms with Crippen molar-refractivity contribution in [2.75, 3.05) is 26.4 Å². The van der Waals surface area contributed by atoms with Crippen LogP contribution in [0.5, 0.6) is 0 Å². The molecule has 1 aliphatic rings. The van der Waals surface area contributed by atoms with E-state index in [4.69, 9.17) is 9.47 Å². The van der Waals surface area contributed by atoms with Gasteiger partial charge in [0.2, 0.25) is 0 Å². The molecule has 0 radical (unpaired) electrons. The third-order valence-corrected chi connectivity index (χ3v) is 3.28. The van der Waals surface area contributed by atoms with E-state index in [9.17, 15) is 0 Å². The van der Waals surface area contributed by atoms with Crippen molar-refractivity contribution in [2.24, 2.45) is 11.8 Å². The minimum absolute atomic E-state index is 0.746. The molecular formula is C13H26O2. The van der Waals surface area contributed by atoms with Crippen LogP contribution in [0.4, 0.5) is 0 Å². The van der Waals surface area contributed by atoms with Crippen molar-refractivity contribution in [1.82, 2.24) is 0 Å². The molecule has 90 valence electrons. The molecule has 0 unspecified atom stereocenters. The standard InChI is InChI=1S/C13H26O2/c1-3-9-15-11-13-8-6-5-7-12(13)10-14-4-2/h12-13H,3-11H2,1-2H3/t12-,13+/m0/s1. The molecule has 1 fully saturated rings. The molecule has 2 atom stereocenters. The summed E-state index contributed by atoms with van der Waals surface area (Å²) in [6.45, 7) is 7.89. The Morgan fingerprint density at radius 2 is 1.53 bits per heavy atom. The van der Waals surface area contributed by atoms with Crippen molar-refractivity contribution in [3.63, 3.8) is 0 Å². The SMILES string of the molecule is CCCOC[C@H]1CCCC[C@H]1COCC. The van der Waals surface area contributed by atoms with Crippen LogP contribution in [-0.4, -0.2) is 26.4 Å². The van der Waals surface area contributed by atoms with Gasteiger partial charge in [-0.15, -0.1) is 0 Å². The summed E-state index contributed by atoms with van der Waals surface area (Å²) in [7, 11) is 0. The Morgan fingerprint density at radius 1 is 0.933 bits per heavy atom. The Morgan fingerprint density at radius 3 is 2.07 bits per heavy atom. The van der Waals surface area contributed by atoms with E-state index in [0.29, 0.717) is 0 Å². The number of hydrogen-bond acceptors (Lipinski definition) is 2. The maximum Gasteiger partial charge on any atom is 0.0497 e. The van der Waals surface area contributed by atoms with Crippen molar-refractivity contribution in [1.29, 1.82) is 0 Å². The van der Waals surface area contributed by atoms with Gasteiger partial charge in [0.05, 0.1) is 0 Å². The van der Waals surface area contributed by atoms with Crippen LogP contribution in [0.25, 0.3) is 0 Å². The van der Waals surface area contributed by atoms with E-state index in [0.717, 1.165) is 44.7 Å². The Labute approximate surface area is 94.3 Å². The molecule has 0 N–H and O–H groups in total. The fraction of sp³-hybridized carbons (Fsp3) is 1.00. The fourth-order valence-electron chi connectivity index (χ4n) is 2.37. The maximum absolute atomic E-state index is 5.68. The summed E-state index contributed by atoms with van der Waals surface area (Å²) in [5.41, 5.74) is 0. The first kappa shape index (κ1) is 13.0. The minimum Gasteiger partial charge on any atom is -0.381 e. The quantitative estimate of drug-likeness (QED) is 0.606. The van der Waals surface area contributed by atoms with Crippen molar-refractivity contribution >= 4 is 0 Å². The van der Waals surface area contributed by atoms with E-state index in [1.54, 1.807) is 0 Å². The Hall–Kier alpha value is -0.0800. The first-order chi connectivity index (χ1) is 7.38. The van der Waals surface area contributed by atoms with Gasteiger partial charge in [0.15, 0.2) is 0 Å². The molecule has 0 aliphatic heterocycles. The van der Waals surface area contributed by atoms with Gasteiger partial charge in [0.1, 0.15) is 0 Å². The first-order valence-electron chi connectivity index (χ1n) is 6.54. The first-order valence-corrected chi connectivity index (χ1v) is 6.54. The topological polar surface area (TPSA) is 18.5 Å². The average molecular weight is 214 g/mol. The number of ether oxygens (including phenoxy) is 2. The van der Waals surface area contributed by atoms with Gasteiger partial charge in [-0.2, -0.15) is 0 Å². The summed E-state index contributed by atoms with van der Waals surface area (Å²) in [6.07, 6.45) is 6.55. The molecule has 1 rings (SSSR count). The van der Waals surface area contributed by atoms with Crippen LogP contribution in [0.2, 0.25) is 0 Å². The van der Waals surface area contributed by atoms with Crippen molar-refractivity contribution < 1.29 is 9.47 Å². The smallest absolute Gasteiger partial charge is 0.0497 e. The van der Waals surface area contributed by atoms with Gasteiger partial charge in [-0.1, -0.05) is 19.8 Å². The molecule has 0 saturated heterocycles. The molecule has 0 aromatic carbocycles. The van der Waals surface area contributed by atoms with E-state index in [1.165, 1.54) is 25.7 Å². The zero-order chi connectivity index (χ0) is 10.9. The summed E-state index contributed by atoms with van der Waals surface area (Å²) in [6, 6.07) is 0. The van der Waals surface area contributed by atoms with Crippen LogP contribution in [0, 0.1) is 11.8 Å². The van der Waals surface area contributed by atoms with Gasteiger partial charge in [0, 0.05) is 26.4 Å². The summed E-state index contributed by atoms with van der Waals surface area (Å²) in [5.74, 6) is 1.49. The van der Waals surface area contributed by atoms with Crippen LogP contribution < -0.4 is 0 Å². The third kappa shape index (κ3) is 4.98. The van der Waals surface area contributed by atoms with Gasteiger partial charge >= 0.3 is 0 Å². The Bertz CT molecular complexity index is 147. The predicted molar refractivity (Wildman–Crippen MR) is 63.1 cm³/mol. The monoisotopic (exact) mass is 214 g/mol. The highest BCUT2D eigenvalue weighted by Crippen LogP contribution is 2.30. The van der Waals surface area contributed by atoms with Gasteiger partial charge in [-0.05, 0) is 38.0 Å². The predicted octanol–water partition coefficient (Wildman–Crippen LogP) is 3.26. The highest BCUT2D eigenvalue weighted by Gasteiger charge is 2.25. The van der Waals surface area contributed by atoms with Crippen LogP contribution in [0.1, 0.15) is 46.0 Å². The van der Waals surface area contributed by atoms with Crippen molar-refractivity contribution in [2.45, 2.75) is 46.0 Å². The molecular weight excluding hydrogens is 188 g/mol. The average Bonchev–Trinajstić information content (AvgIpc) is 2.28. The van der Waals surface area contributed by atoms with E-state index in [2.05, 4.69) is 13.8 Å². The lowest BCUT2D eigenvalue weighted by Gasteiger charge is -2.31.